The number of nitrogens with zero attached hydrogens (tertiary/aromatic N) is 4. The molecule has 2 aromatic heterocycles. The number of likely N-dealkylation sites (N-methyl/N-ethyl adjacent to an activating group) is 1. The summed E-state index contributed by atoms with van der Waals surface area (Å²) < 4.78 is 1.96. The summed E-state index contributed by atoms with van der Waals surface area (Å²) in [5.74, 6) is 0.984. The minimum atomic E-state index is 0.154. The third kappa shape index (κ3) is 3.17. The number of hydrogen-bond acceptors (Lipinski definition) is 4. The van der Waals surface area contributed by atoms with E-state index < -0.39 is 0 Å². The molecule has 5 nitrogen and oxygen atoms in total. The van der Waals surface area contributed by atoms with Gasteiger partial charge < -0.3 is 5.32 Å². The minimum Gasteiger partial charge on any atom is -0.311 e. The van der Waals surface area contributed by atoms with E-state index in [1.807, 2.05) is 24.0 Å². The van der Waals surface area contributed by atoms with Crippen LogP contribution in [0.3, 0.4) is 0 Å². The van der Waals surface area contributed by atoms with Crippen LogP contribution in [0.1, 0.15) is 43.0 Å². The van der Waals surface area contributed by atoms with E-state index in [1.165, 1.54) is 5.56 Å². The Kier molecular flexibility index (Phi) is 4.27. The van der Waals surface area contributed by atoms with Crippen molar-refractivity contribution < 1.29 is 0 Å². The van der Waals surface area contributed by atoms with Crippen molar-refractivity contribution in [1.82, 2.24) is 25.1 Å². The Morgan fingerprint density at radius 3 is 2.74 bits per heavy atom. The van der Waals surface area contributed by atoms with Crippen molar-refractivity contribution in [3.05, 3.63) is 41.7 Å². The third-order valence-corrected chi connectivity index (χ3v) is 3.17. The van der Waals surface area contributed by atoms with Crippen molar-refractivity contribution >= 4 is 0 Å². The summed E-state index contributed by atoms with van der Waals surface area (Å²) in [6.07, 6.45) is 4.25. The topological polar surface area (TPSA) is 55.6 Å². The molecule has 1 unspecified atom stereocenters. The van der Waals surface area contributed by atoms with Crippen molar-refractivity contribution in [3.63, 3.8) is 0 Å². The first-order valence-electron chi connectivity index (χ1n) is 6.60. The van der Waals surface area contributed by atoms with E-state index in [1.54, 1.807) is 6.33 Å². The van der Waals surface area contributed by atoms with Gasteiger partial charge in [0.2, 0.25) is 0 Å². The molecule has 1 atom stereocenters. The second kappa shape index (κ2) is 5.93. The maximum absolute atomic E-state index is 4.45. The minimum absolute atomic E-state index is 0.154. The zero-order valence-corrected chi connectivity index (χ0v) is 12.0. The molecule has 0 bridgehead atoms. The number of rotatable bonds is 5. The zero-order chi connectivity index (χ0) is 13.8. The molecule has 0 fully saturated rings. The number of nitrogens with one attached hydrogen (secondary N) is 1. The van der Waals surface area contributed by atoms with Gasteiger partial charge in [-0.1, -0.05) is 0 Å². The Labute approximate surface area is 114 Å². The van der Waals surface area contributed by atoms with E-state index in [4.69, 9.17) is 0 Å². The molecule has 2 rings (SSSR count). The summed E-state index contributed by atoms with van der Waals surface area (Å²) >= 11 is 0. The normalized spacial score (nSPS) is 12.9. The maximum atomic E-state index is 4.45. The molecule has 19 heavy (non-hydrogen) atoms. The molecule has 0 aliphatic rings. The zero-order valence-electron chi connectivity index (χ0n) is 12.0. The fraction of sp³-hybridized carbons (Fsp3) is 0.500. The first-order chi connectivity index (χ1) is 9.11. The Morgan fingerprint density at radius 1 is 1.32 bits per heavy atom. The first kappa shape index (κ1) is 13.7. The van der Waals surface area contributed by atoms with Crippen LogP contribution in [0, 0.1) is 6.92 Å². The van der Waals surface area contributed by atoms with Gasteiger partial charge in [0.15, 0.2) is 0 Å². The van der Waals surface area contributed by atoms with Gasteiger partial charge in [-0.25, -0.2) is 9.67 Å². The molecule has 0 aliphatic carbocycles. The second-order valence-electron chi connectivity index (χ2n) is 5.02. The molecule has 0 saturated carbocycles. The lowest BCUT2D eigenvalue weighted by molar-refractivity contribution is 0.474. The predicted molar refractivity (Wildman–Crippen MR) is 74.9 cm³/mol. The van der Waals surface area contributed by atoms with Gasteiger partial charge in [0.1, 0.15) is 12.2 Å². The van der Waals surface area contributed by atoms with E-state index >= 15 is 0 Å². The monoisotopic (exact) mass is 259 g/mol. The van der Waals surface area contributed by atoms with E-state index in [9.17, 15) is 0 Å². The lowest BCUT2D eigenvalue weighted by Gasteiger charge is -2.17. The fourth-order valence-electron chi connectivity index (χ4n) is 2.14. The van der Waals surface area contributed by atoms with Gasteiger partial charge >= 0.3 is 0 Å². The summed E-state index contributed by atoms with van der Waals surface area (Å²) in [7, 11) is 1.95. The van der Waals surface area contributed by atoms with E-state index in [0.29, 0.717) is 6.04 Å². The molecule has 0 saturated heterocycles. The predicted octanol–water partition coefficient (Wildman–Crippen LogP) is 2.07. The summed E-state index contributed by atoms with van der Waals surface area (Å²) in [5.41, 5.74) is 2.26. The highest BCUT2D eigenvalue weighted by Gasteiger charge is 2.16. The lowest BCUT2D eigenvalue weighted by atomic mass is 10.1. The van der Waals surface area contributed by atoms with E-state index in [0.717, 1.165) is 17.9 Å². The van der Waals surface area contributed by atoms with Crippen LogP contribution >= 0.6 is 0 Å². The van der Waals surface area contributed by atoms with Gasteiger partial charge in [-0.15, -0.1) is 0 Å². The average molecular weight is 259 g/mol. The van der Waals surface area contributed by atoms with E-state index in [-0.39, 0.29) is 6.04 Å². The van der Waals surface area contributed by atoms with Gasteiger partial charge in [-0.3, -0.25) is 4.98 Å². The molecule has 102 valence electrons. The number of hydrogen-bond donors (Lipinski definition) is 1. The van der Waals surface area contributed by atoms with Crippen molar-refractivity contribution in [2.75, 3.05) is 7.05 Å². The van der Waals surface area contributed by atoms with Gasteiger partial charge in [0, 0.05) is 18.7 Å². The second-order valence-corrected chi connectivity index (χ2v) is 5.02. The molecular formula is C14H21N5. The standard InChI is InChI=1S/C14H21N5/c1-10(2)19-14(17-9-18-19)8-12(15-4)13-7-11(3)5-6-16-13/h5-7,9-10,12,15H,8H2,1-4H3. The summed E-state index contributed by atoms with van der Waals surface area (Å²) in [4.78, 5) is 8.80. The Bertz CT molecular complexity index is 532. The molecule has 2 heterocycles. The molecule has 2 aromatic rings. The third-order valence-electron chi connectivity index (χ3n) is 3.17. The summed E-state index contributed by atoms with van der Waals surface area (Å²) in [6, 6.07) is 4.59. The molecule has 5 heteroatoms. The maximum Gasteiger partial charge on any atom is 0.138 e. The fourth-order valence-corrected chi connectivity index (χ4v) is 2.14. The van der Waals surface area contributed by atoms with Crippen LogP contribution in [0.25, 0.3) is 0 Å². The lowest BCUT2D eigenvalue weighted by Crippen LogP contribution is -2.22. The Morgan fingerprint density at radius 2 is 2.11 bits per heavy atom. The smallest absolute Gasteiger partial charge is 0.138 e. The van der Waals surface area contributed by atoms with E-state index in [2.05, 4.69) is 47.2 Å². The molecule has 1 N–H and O–H groups in total. The molecule has 0 aliphatic heterocycles. The van der Waals surface area contributed by atoms with Gasteiger partial charge in [0.05, 0.1) is 11.7 Å². The van der Waals surface area contributed by atoms with Gasteiger partial charge in [-0.2, -0.15) is 5.10 Å². The van der Waals surface area contributed by atoms with Crippen LogP contribution in [0.5, 0.6) is 0 Å². The average Bonchev–Trinajstić information content (AvgIpc) is 2.84. The number of pyridine rings is 1. The largest absolute Gasteiger partial charge is 0.311 e. The SMILES string of the molecule is CNC(Cc1ncnn1C(C)C)c1cc(C)ccn1. The van der Waals surface area contributed by atoms with Crippen molar-refractivity contribution in [1.29, 1.82) is 0 Å². The molecule has 0 amide bonds. The number of aromatic nitrogens is 4. The molecule has 0 spiro atoms. The molecule has 0 aromatic carbocycles. The molecule has 0 radical (unpaired) electrons. The first-order valence-corrected chi connectivity index (χ1v) is 6.60. The van der Waals surface area contributed by atoms with Crippen LogP contribution in [0.4, 0.5) is 0 Å². The highest BCUT2D eigenvalue weighted by atomic mass is 15.3. The van der Waals surface area contributed by atoms with Gasteiger partial charge in [-0.05, 0) is 45.5 Å². The van der Waals surface area contributed by atoms with Crippen molar-refractivity contribution in [3.8, 4) is 0 Å². The van der Waals surface area contributed by atoms with Crippen LogP contribution in [-0.4, -0.2) is 26.8 Å². The number of aryl methyl sites for hydroxylation is 1. The summed E-state index contributed by atoms with van der Waals surface area (Å²) in [5, 5.41) is 7.58. The van der Waals surface area contributed by atoms with Crippen molar-refractivity contribution in [2.24, 2.45) is 0 Å². The van der Waals surface area contributed by atoms with Crippen LogP contribution in [0.15, 0.2) is 24.7 Å². The quantitative estimate of drug-likeness (QED) is 0.893. The van der Waals surface area contributed by atoms with Crippen molar-refractivity contribution in [2.45, 2.75) is 39.3 Å². The Balaban J connectivity index is 2.22. The Hall–Kier alpha value is -1.75. The highest BCUT2D eigenvalue weighted by molar-refractivity contribution is 5.18. The molecular weight excluding hydrogens is 238 g/mol. The van der Waals surface area contributed by atoms with Crippen LogP contribution in [-0.2, 0) is 6.42 Å². The van der Waals surface area contributed by atoms with Crippen LogP contribution < -0.4 is 5.32 Å². The van der Waals surface area contributed by atoms with Gasteiger partial charge in [0.25, 0.3) is 0 Å². The highest BCUT2D eigenvalue weighted by Crippen LogP contribution is 2.17. The summed E-state index contributed by atoms with van der Waals surface area (Å²) in [6.45, 7) is 6.30. The van der Waals surface area contributed by atoms with Crippen LogP contribution in [0.2, 0.25) is 0 Å².